The van der Waals surface area contributed by atoms with Crippen molar-refractivity contribution in [3.63, 3.8) is 0 Å². The van der Waals surface area contributed by atoms with Crippen molar-refractivity contribution in [1.82, 2.24) is 25.5 Å². The third-order valence-electron chi connectivity index (χ3n) is 3.36. The van der Waals surface area contributed by atoms with Gasteiger partial charge in [-0.05, 0) is 38.2 Å². The number of fused-ring (bicyclic) bond motifs is 1. The van der Waals surface area contributed by atoms with E-state index < -0.39 is 6.09 Å². The zero-order valence-electron chi connectivity index (χ0n) is 14.0. The van der Waals surface area contributed by atoms with Gasteiger partial charge in [0, 0.05) is 12.1 Å². The summed E-state index contributed by atoms with van der Waals surface area (Å²) in [7, 11) is 0. The summed E-state index contributed by atoms with van der Waals surface area (Å²) in [5.41, 5.74) is 2.69. The second kappa shape index (κ2) is 7.40. The Morgan fingerprint density at radius 1 is 1.31 bits per heavy atom. The fourth-order valence-electron chi connectivity index (χ4n) is 2.28. The van der Waals surface area contributed by atoms with Crippen LogP contribution in [0.5, 0.6) is 0 Å². The average Bonchev–Trinajstić information content (AvgIpc) is 3.02. The molecule has 0 saturated carbocycles. The number of rotatable bonds is 3. The molecule has 0 aliphatic carbocycles. The van der Waals surface area contributed by atoms with Gasteiger partial charge in [0.25, 0.3) is 0 Å². The summed E-state index contributed by atoms with van der Waals surface area (Å²) in [5, 5.41) is 12.1. The number of anilines is 1. The van der Waals surface area contributed by atoms with E-state index in [1.807, 2.05) is 0 Å². The molecule has 1 amide bonds. The number of nitrogens with one attached hydrogen (secondary N) is 3. The molecule has 0 saturated heterocycles. The third-order valence-corrected chi connectivity index (χ3v) is 3.56. The summed E-state index contributed by atoms with van der Waals surface area (Å²) in [5.74, 6) is 0.0590. The summed E-state index contributed by atoms with van der Waals surface area (Å²) in [6, 6.07) is 5.88. The standard InChI is InChI=1S/C16H15FN6O2S/c1-3-25-16(24)21-15(26)20-13-7-12(22-23-13)14-8(2)18-10-5-4-9(17)6-11(10)19-14/h4-7H,3H2,1-2H3,(H3,20,21,22,23,24,26). The second-order valence-electron chi connectivity index (χ2n) is 5.26. The monoisotopic (exact) mass is 374 g/mol. The Hall–Kier alpha value is -3.14. The number of carbonyl (C=O) groups excluding carboxylic acids is 1. The first-order valence-electron chi connectivity index (χ1n) is 7.70. The Balaban J connectivity index is 1.81. The van der Waals surface area contributed by atoms with Crippen LogP contribution in [-0.4, -0.2) is 38.0 Å². The molecule has 3 aromatic rings. The van der Waals surface area contributed by atoms with Crippen molar-refractivity contribution < 1.29 is 13.9 Å². The van der Waals surface area contributed by atoms with Gasteiger partial charge in [0.05, 0.1) is 23.3 Å². The predicted molar refractivity (Wildman–Crippen MR) is 98.2 cm³/mol. The van der Waals surface area contributed by atoms with Crippen LogP contribution in [0.15, 0.2) is 24.3 Å². The lowest BCUT2D eigenvalue weighted by Gasteiger charge is -2.07. The van der Waals surface area contributed by atoms with Crippen LogP contribution in [0.4, 0.5) is 15.0 Å². The van der Waals surface area contributed by atoms with E-state index in [0.717, 1.165) is 0 Å². The van der Waals surface area contributed by atoms with Gasteiger partial charge in [0.1, 0.15) is 23.0 Å². The number of aryl methyl sites for hydroxylation is 1. The van der Waals surface area contributed by atoms with Gasteiger partial charge in [-0.1, -0.05) is 0 Å². The molecule has 1 aromatic carbocycles. The van der Waals surface area contributed by atoms with Crippen molar-refractivity contribution >= 4 is 40.3 Å². The summed E-state index contributed by atoms with van der Waals surface area (Å²) in [6.45, 7) is 3.72. The predicted octanol–water partition coefficient (Wildman–Crippen LogP) is 2.91. The summed E-state index contributed by atoms with van der Waals surface area (Å²) >= 11 is 5.02. The van der Waals surface area contributed by atoms with Crippen LogP contribution < -0.4 is 10.6 Å². The van der Waals surface area contributed by atoms with Crippen LogP contribution in [0.2, 0.25) is 0 Å². The number of alkyl carbamates (subject to hydrolysis) is 1. The number of aromatic amines is 1. The highest BCUT2D eigenvalue weighted by Gasteiger charge is 2.13. The highest BCUT2D eigenvalue weighted by molar-refractivity contribution is 7.80. The Bertz CT molecular complexity index is 990. The topological polar surface area (TPSA) is 105 Å². The first kappa shape index (κ1) is 17.7. The fraction of sp³-hybridized carbons (Fsp3) is 0.188. The molecule has 0 aliphatic rings. The number of amides is 1. The number of nitrogens with zero attached hydrogens (tertiary/aromatic N) is 3. The van der Waals surface area contributed by atoms with E-state index in [-0.39, 0.29) is 17.5 Å². The van der Waals surface area contributed by atoms with E-state index in [0.29, 0.717) is 33.9 Å². The van der Waals surface area contributed by atoms with Crippen LogP contribution in [-0.2, 0) is 4.74 Å². The highest BCUT2D eigenvalue weighted by atomic mass is 32.1. The molecule has 0 spiro atoms. The van der Waals surface area contributed by atoms with Crippen LogP contribution in [0, 0.1) is 12.7 Å². The van der Waals surface area contributed by atoms with E-state index in [9.17, 15) is 9.18 Å². The van der Waals surface area contributed by atoms with Crippen molar-refractivity contribution in [3.8, 4) is 11.4 Å². The van der Waals surface area contributed by atoms with Gasteiger partial charge in [0.15, 0.2) is 5.11 Å². The van der Waals surface area contributed by atoms with E-state index in [2.05, 4.69) is 30.8 Å². The third kappa shape index (κ3) is 3.91. The molecular formula is C16H15FN6O2S. The molecule has 134 valence electrons. The minimum absolute atomic E-state index is 0.0574. The fourth-order valence-corrected chi connectivity index (χ4v) is 2.47. The zero-order chi connectivity index (χ0) is 18.7. The highest BCUT2D eigenvalue weighted by Crippen LogP contribution is 2.23. The minimum Gasteiger partial charge on any atom is -0.450 e. The van der Waals surface area contributed by atoms with Gasteiger partial charge in [0.2, 0.25) is 0 Å². The summed E-state index contributed by atoms with van der Waals surface area (Å²) in [6.07, 6.45) is -0.650. The molecule has 3 N–H and O–H groups in total. The quantitative estimate of drug-likeness (QED) is 0.606. The largest absolute Gasteiger partial charge is 0.450 e. The van der Waals surface area contributed by atoms with Gasteiger partial charge in [-0.2, -0.15) is 5.10 Å². The summed E-state index contributed by atoms with van der Waals surface area (Å²) < 4.78 is 18.2. The number of hydrogen-bond donors (Lipinski definition) is 3. The number of carbonyl (C=O) groups is 1. The van der Waals surface area contributed by atoms with Gasteiger partial charge >= 0.3 is 6.09 Å². The van der Waals surface area contributed by atoms with Crippen LogP contribution in [0.1, 0.15) is 12.6 Å². The number of benzene rings is 1. The lowest BCUT2D eigenvalue weighted by Crippen LogP contribution is -2.34. The van der Waals surface area contributed by atoms with Crippen LogP contribution in [0.25, 0.3) is 22.4 Å². The molecule has 0 aliphatic heterocycles. The van der Waals surface area contributed by atoms with Gasteiger partial charge in [-0.3, -0.25) is 10.4 Å². The van der Waals surface area contributed by atoms with E-state index in [4.69, 9.17) is 17.0 Å². The van der Waals surface area contributed by atoms with Crippen molar-refractivity contribution in [2.75, 3.05) is 11.9 Å². The zero-order valence-corrected chi connectivity index (χ0v) is 14.8. The maximum atomic E-state index is 13.4. The molecule has 0 atom stereocenters. The lowest BCUT2D eigenvalue weighted by atomic mass is 10.2. The van der Waals surface area contributed by atoms with Crippen molar-refractivity contribution in [2.24, 2.45) is 0 Å². The Morgan fingerprint density at radius 2 is 2.12 bits per heavy atom. The number of aromatic nitrogens is 4. The second-order valence-corrected chi connectivity index (χ2v) is 5.67. The molecule has 8 nitrogen and oxygen atoms in total. The molecule has 10 heteroatoms. The smallest absolute Gasteiger partial charge is 0.413 e. The Kier molecular flexibility index (Phi) is 5.03. The average molecular weight is 374 g/mol. The number of halogens is 1. The van der Waals surface area contributed by atoms with Crippen LogP contribution >= 0.6 is 12.2 Å². The van der Waals surface area contributed by atoms with Gasteiger partial charge in [-0.25, -0.2) is 19.2 Å². The maximum Gasteiger partial charge on any atom is 0.413 e. The lowest BCUT2D eigenvalue weighted by molar-refractivity contribution is 0.158. The Labute approximate surface area is 153 Å². The van der Waals surface area contributed by atoms with E-state index in [1.165, 1.54) is 12.1 Å². The Morgan fingerprint density at radius 3 is 2.88 bits per heavy atom. The van der Waals surface area contributed by atoms with Gasteiger partial charge < -0.3 is 10.1 Å². The molecule has 3 rings (SSSR count). The molecule has 0 bridgehead atoms. The summed E-state index contributed by atoms with van der Waals surface area (Å²) in [4.78, 5) is 20.2. The minimum atomic E-state index is -0.650. The normalized spacial score (nSPS) is 10.6. The number of thiocarbonyl (C=S) groups is 1. The SMILES string of the molecule is CCOC(=O)NC(=S)Nc1cc(-c2nc3cc(F)ccc3nc2C)n[nH]1. The first-order valence-corrected chi connectivity index (χ1v) is 8.11. The molecule has 0 radical (unpaired) electrons. The van der Waals surface area contributed by atoms with Crippen molar-refractivity contribution in [2.45, 2.75) is 13.8 Å². The van der Waals surface area contributed by atoms with E-state index >= 15 is 0 Å². The molecule has 2 heterocycles. The molecule has 26 heavy (non-hydrogen) atoms. The molecular weight excluding hydrogens is 359 g/mol. The van der Waals surface area contributed by atoms with Crippen LogP contribution in [0.3, 0.4) is 0 Å². The van der Waals surface area contributed by atoms with Crippen molar-refractivity contribution in [3.05, 3.63) is 35.8 Å². The van der Waals surface area contributed by atoms with Crippen molar-refractivity contribution in [1.29, 1.82) is 0 Å². The number of H-pyrrole nitrogens is 1. The molecule has 2 aromatic heterocycles. The van der Waals surface area contributed by atoms with E-state index in [1.54, 1.807) is 26.0 Å². The van der Waals surface area contributed by atoms with Gasteiger partial charge in [-0.15, -0.1) is 0 Å². The molecule has 0 unspecified atom stereocenters. The maximum absolute atomic E-state index is 13.4. The first-order chi connectivity index (χ1) is 12.5. The number of ether oxygens (including phenoxy) is 1. The molecule has 0 fully saturated rings. The number of hydrogen-bond acceptors (Lipinski definition) is 6.